The van der Waals surface area contributed by atoms with E-state index < -0.39 is 0 Å². The lowest BCUT2D eigenvalue weighted by Crippen LogP contribution is -2.42. The Morgan fingerprint density at radius 3 is 2.78 bits per heavy atom. The topological polar surface area (TPSA) is 106 Å². The zero-order valence-corrected chi connectivity index (χ0v) is 19.1. The summed E-state index contributed by atoms with van der Waals surface area (Å²) < 4.78 is 7.81. The van der Waals surface area contributed by atoms with Crippen LogP contribution in [0.2, 0.25) is 0 Å². The molecule has 32 heavy (non-hydrogen) atoms. The highest BCUT2D eigenvalue weighted by molar-refractivity contribution is 5.84. The summed E-state index contributed by atoms with van der Waals surface area (Å²) in [5.74, 6) is 1.85. The van der Waals surface area contributed by atoms with Gasteiger partial charge < -0.3 is 25.7 Å². The van der Waals surface area contributed by atoms with Gasteiger partial charge in [-0.05, 0) is 18.1 Å². The molecule has 1 fully saturated rings. The number of aromatic nitrogens is 4. The van der Waals surface area contributed by atoms with Crippen molar-refractivity contribution < 1.29 is 4.74 Å². The Kier molecular flexibility index (Phi) is 7.39. The van der Waals surface area contributed by atoms with Gasteiger partial charge in [-0.3, -0.25) is 4.90 Å². The average Bonchev–Trinajstić information content (AvgIpc) is 3.20. The fraction of sp³-hybridized carbons (Fsp3) is 0.522. The Balaban J connectivity index is 1.55. The van der Waals surface area contributed by atoms with Crippen molar-refractivity contribution in [3.8, 4) is 5.75 Å². The maximum absolute atomic E-state index is 5.92. The number of benzene rings is 1. The van der Waals surface area contributed by atoms with Crippen LogP contribution in [0.3, 0.4) is 0 Å². The Morgan fingerprint density at radius 2 is 2.00 bits per heavy atom. The predicted molar refractivity (Wildman–Crippen MR) is 128 cm³/mol. The molecule has 1 aliphatic heterocycles. The molecule has 172 valence electrons. The molecule has 0 aliphatic carbocycles. The predicted octanol–water partition coefficient (Wildman–Crippen LogP) is 2.47. The average molecular weight is 439 g/mol. The van der Waals surface area contributed by atoms with Gasteiger partial charge in [0, 0.05) is 44.8 Å². The molecule has 0 unspecified atom stereocenters. The van der Waals surface area contributed by atoms with E-state index in [1.807, 2.05) is 0 Å². The van der Waals surface area contributed by atoms with E-state index in [2.05, 4.69) is 60.2 Å². The third-order valence-electron chi connectivity index (χ3n) is 5.87. The monoisotopic (exact) mass is 438 g/mol. The molecular formula is C23H34N8O. The second kappa shape index (κ2) is 10.6. The first kappa shape index (κ1) is 22.3. The molecule has 0 bridgehead atoms. The number of anilines is 2. The summed E-state index contributed by atoms with van der Waals surface area (Å²) in [5, 5.41) is 6.83. The van der Waals surface area contributed by atoms with Gasteiger partial charge in [0.05, 0.1) is 20.0 Å². The van der Waals surface area contributed by atoms with E-state index >= 15 is 0 Å². The molecular weight excluding hydrogens is 404 g/mol. The number of nitrogen functional groups attached to an aromatic ring is 1. The molecule has 1 aromatic carbocycles. The van der Waals surface area contributed by atoms with Crippen LogP contribution in [0.25, 0.3) is 11.2 Å². The normalized spacial score (nSPS) is 14.7. The van der Waals surface area contributed by atoms with Crippen LogP contribution >= 0.6 is 0 Å². The second-order valence-corrected chi connectivity index (χ2v) is 8.28. The van der Waals surface area contributed by atoms with Crippen LogP contribution in [-0.2, 0) is 13.1 Å². The molecule has 1 saturated heterocycles. The van der Waals surface area contributed by atoms with Gasteiger partial charge in [0.15, 0.2) is 11.5 Å². The summed E-state index contributed by atoms with van der Waals surface area (Å²) >= 11 is 0. The Morgan fingerprint density at radius 1 is 1.16 bits per heavy atom. The number of hydrogen-bond donors (Lipinski definition) is 3. The Bertz CT molecular complexity index is 1030. The van der Waals surface area contributed by atoms with E-state index in [1.165, 1.54) is 18.4 Å². The van der Waals surface area contributed by atoms with E-state index in [1.54, 1.807) is 13.4 Å². The van der Waals surface area contributed by atoms with Gasteiger partial charge >= 0.3 is 0 Å². The van der Waals surface area contributed by atoms with Crippen LogP contribution in [0.4, 0.5) is 11.8 Å². The maximum atomic E-state index is 5.92. The van der Waals surface area contributed by atoms with Crippen molar-refractivity contribution in [2.24, 2.45) is 0 Å². The van der Waals surface area contributed by atoms with Gasteiger partial charge in [0.25, 0.3) is 0 Å². The zero-order valence-electron chi connectivity index (χ0n) is 19.1. The van der Waals surface area contributed by atoms with Crippen LogP contribution in [0.5, 0.6) is 5.75 Å². The molecule has 0 saturated carbocycles. The van der Waals surface area contributed by atoms with Crippen molar-refractivity contribution in [1.29, 1.82) is 0 Å². The first-order chi connectivity index (χ1) is 15.7. The summed E-state index contributed by atoms with van der Waals surface area (Å²) in [5.41, 5.74) is 9.73. The summed E-state index contributed by atoms with van der Waals surface area (Å²) in [6.07, 6.45) is 5.22. The number of ether oxygens (including phenoxy) is 1. The molecule has 1 aliphatic rings. The number of imidazole rings is 1. The number of nitrogens with one attached hydrogen (secondary N) is 2. The SMILES string of the molecule is CCCCCNc1nc(N)nc2ncn(Cc3ccc(CN4CCNCC4)cc3OC)c12. The van der Waals surface area contributed by atoms with E-state index in [0.717, 1.165) is 68.3 Å². The number of piperazine rings is 1. The Hall–Kier alpha value is -2.91. The molecule has 3 heterocycles. The quantitative estimate of drug-likeness (QED) is 0.415. The van der Waals surface area contributed by atoms with Crippen molar-refractivity contribution in [3.63, 3.8) is 0 Å². The smallest absolute Gasteiger partial charge is 0.224 e. The van der Waals surface area contributed by atoms with Gasteiger partial charge in [0.1, 0.15) is 11.3 Å². The second-order valence-electron chi connectivity index (χ2n) is 8.28. The van der Waals surface area contributed by atoms with Crippen molar-refractivity contribution in [2.75, 3.05) is 50.9 Å². The highest BCUT2D eigenvalue weighted by Crippen LogP contribution is 2.26. The van der Waals surface area contributed by atoms with Crippen molar-refractivity contribution in [2.45, 2.75) is 39.3 Å². The van der Waals surface area contributed by atoms with Gasteiger partial charge in [-0.2, -0.15) is 9.97 Å². The number of hydrogen-bond acceptors (Lipinski definition) is 8. The number of rotatable bonds is 10. The minimum absolute atomic E-state index is 0.232. The molecule has 0 amide bonds. The number of nitrogens with zero attached hydrogens (tertiary/aromatic N) is 5. The molecule has 0 spiro atoms. The Labute approximate surface area is 189 Å². The lowest BCUT2D eigenvalue weighted by atomic mass is 10.1. The van der Waals surface area contributed by atoms with Crippen molar-refractivity contribution in [1.82, 2.24) is 29.7 Å². The fourth-order valence-corrected chi connectivity index (χ4v) is 4.15. The van der Waals surface area contributed by atoms with E-state index in [9.17, 15) is 0 Å². The zero-order chi connectivity index (χ0) is 22.3. The van der Waals surface area contributed by atoms with Crippen LogP contribution in [0.1, 0.15) is 37.3 Å². The lowest BCUT2D eigenvalue weighted by Gasteiger charge is -2.27. The van der Waals surface area contributed by atoms with Gasteiger partial charge in [-0.15, -0.1) is 0 Å². The van der Waals surface area contributed by atoms with Crippen molar-refractivity contribution in [3.05, 3.63) is 35.7 Å². The number of fused-ring (bicyclic) bond motifs is 1. The number of unbranched alkanes of at least 4 members (excludes halogenated alkanes) is 2. The summed E-state index contributed by atoms with van der Waals surface area (Å²) in [6.45, 7) is 8.82. The highest BCUT2D eigenvalue weighted by Gasteiger charge is 2.16. The fourth-order valence-electron chi connectivity index (χ4n) is 4.15. The summed E-state index contributed by atoms with van der Waals surface area (Å²) in [7, 11) is 1.73. The molecule has 3 aromatic rings. The van der Waals surface area contributed by atoms with E-state index in [0.29, 0.717) is 12.2 Å². The first-order valence-corrected chi connectivity index (χ1v) is 11.5. The van der Waals surface area contributed by atoms with Crippen LogP contribution < -0.4 is 21.1 Å². The third-order valence-corrected chi connectivity index (χ3v) is 5.87. The third kappa shape index (κ3) is 5.28. The van der Waals surface area contributed by atoms with Gasteiger partial charge in [-0.25, -0.2) is 4.98 Å². The van der Waals surface area contributed by atoms with E-state index in [4.69, 9.17) is 10.5 Å². The largest absolute Gasteiger partial charge is 0.496 e. The van der Waals surface area contributed by atoms with Crippen molar-refractivity contribution >= 4 is 22.9 Å². The number of nitrogens with two attached hydrogens (primary N) is 1. The molecule has 4 N–H and O–H groups in total. The maximum Gasteiger partial charge on any atom is 0.224 e. The molecule has 9 heteroatoms. The van der Waals surface area contributed by atoms with Crippen LogP contribution in [0.15, 0.2) is 24.5 Å². The molecule has 4 rings (SSSR count). The minimum atomic E-state index is 0.232. The lowest BCUT2D eigenvalue weighted by molar-refractivity contribution is 0.233. The summed E-state index contributed by atoms with van der Waals surface area (Å²) in [6, 6.07) is 6.49. The standard InChI is InChI=1S/C23H34N8O/c1-3-4-5-8-26-21-20-22(29-23(24)28-21)27-16-31(20)15-18-7-6-17(13-19(18)32-2)14-30-11-9-25-10-12-30/h6-7,13,16,25H,3-5,8-12,14-15H2,1-2H3,(H3,24,26,28,29). The van der Waals surface area contributed by atoms with Crippen LogP contribution in [0, 0.1) is 0 Å². The van der Waals surface area contributed by atoms with Gasteiger partial charge in [-0.1, -0.05) is 31.9 Å². The van der Waals surface area contributed by atoms with E-state index in [-0.39, 0.29) is 5.95 Å². The number of methoxy groups -OCH3 is 1. The first-order valence-electron chi connectivity index (χ1n) is 11.5. The molecule has 0 atom stereocenters. The van der Waals surface area contributed by atoms with Gasteiger partial charge in [0.2, 0.25) is 5.95 Å². The highest BCUT2D eigenvalue weighted by atomic mass is 16.5. The molecule has 9 nitrogen and oxygen atoms in total. The summed E-state index contributed by atoms with van der Waals surface area (Å²) in [4.78, 5) is 15.7. The molecule has 0 radical (unpaired) electrons. The minimum Gasteiger partial charge on any atom is -0.496 e. The molecule has 2 aromatic heterocycles. The van der Waals surface area contributed by atoms with Crippen LogP contribution in [-0.4, -0.2) is 64.3 Å².